The number of carbonyl (C=O) groups excluding carboxylic acids is 2. The van der Waals surface area contributed by atoms with Gasteiger partial charge in [0.1, 0.15) is 23.4 Å². The first kappa shape index (κ1) is 22.7. The molecule has 3 aromatic rings. The summed E-state index contributed by atoms with van der Waals surface area (Å²) in [6.45, 7) is 5.90. The van der Waals surface area contributed by atoms with Crippen LogP contribution in [-0.4, -0.2) is 23.9 Å². The summed E-state index contributed by atoms with van der Waals surface area (Å²) in [4.78, 5) is 28.5. The van der Waals surface area contributed by atoms with Crippen molar-refractivity contribution in [1.29, 1.82) is 0 Å². The molecule has 0 saturated carbocycles. The molecule has 1 aliphatic rings. The van der Waals surface area contributed by atoms with Crippen LogP contribution in [0.3, 0.4) is 0 Å². The summed E-state index contributed by atoms with van der Waals surface area (Å²) in [6.07, 6.45) is 0. The van der Waals surface area contributed by atoms with E-state index in [0.717, 1.165) is 16.0 Å². The van der Waals surface area contributed by atoms with Crippen LogP contribution < -0.4 is 9.64 Å². The molecule has 1 fully saturated rings. The van der Waals surface area contributed by atoms with Crippen LogP contribution >= 0.6 is 11.3 Å². The Hall–Kier alpha value is -3.45. The van der Waals surface area contributed by atoms with Crippen molar-refractivity contribution in [3.8, 4) is 5.75 Å². The van der Waals surface area contributed by atoms with Crippen molar-refractivity contribution in [3.05, 3.63) is 86.9 Å². The van der Waals surface area contributed by atoms with Gasteiger partial charge in [-0.15, -0.1) is 11.3 Å². The lowest BCUT2D eigenvalue weighted by molar-refractivity contribution is -0.132. The number of thiophene rings is 1. The van der Waals surface area contributed by atoms with Crippen LogP contribution in [-0.2, 0) is 9.59 Å². The van der Waals surface area contributed by atoms with E-state index in [1.807, 2.05) is 32.2 Å². The van der Waals surface area contributed by atoms with Gasteiger partial charge in [0.05, 0.1) is 12.7 Å². The molecular weight excluding hydrogens is 441 g/mol. The number of benzene rings is 2. The highest BCUT2D eigenvalue weighted by Crippen LogP contribution is 2.45. The van der Waals surface area contributed by atoms with E-state index >= 15 is 0 Å². The van der Waals surface area contributed by atoms with Crippen LogP contribution in [0.15, 0.2) is 59.5 Å². The highest BCUT2D eigenvalue weighted by molar-refractivity contribution is 7.10. The molecule has 2 aromatic carbocycles. The fraction of sp³-hybridized carbons (Fsp3) is 0.231. The van der Waals surface area contributed by atoms with Crippen LogP contribution in [0.25, 0.3) is 5.76 Å². The zero-order valence-electron chi connectivity index (χ0n) is 18.8. The number of aliphatic hydroxyl groups excluding tert-OH is 1. The molecule has 170 valence electrons. The molecule has 1 amide bonds. The molecule has 33 heavy (non-hydrogen) atoms. The number of ether oxygens (including phenoxy) is 1. The smallest absolute Gasteiger partial charge is 0.300 e. The zero-order chi connectivity index (χ0) is 23.9. The van der Waals surface area contributed by atoms with Gasteiger partial charge in [-0.3, -0.25) is 14.5 Å². The monoisotopic (exact) mass is 465 g/mol. The summed E-state index contributed by atoms with van der Waals surface area (Å²) in [5.74, 6) is -1.45. The predicted octanol–water partition coefficient (Wildman–Crippen LogP) is 5.95. The number of halogens is 1. The van der Waals surface area contributed by atoms with Gasteiger partial charge in [-0.25, -0.2) is 4.39 Å². The van der Waals surface area contributed by atoms with Crippen molar-refractivity contribution in [3.63, 3.8) is 0 Å². The number of ketones is 1. The number of hydrogen-bond acceptors (Lipinski definition) is 5. The number of aryl methyl sites for hydroxylation is 1. The maximum absolute atomic E-state index is 13.5. The molecule has 0 radical (unpaired) electrons. The molecular formula is C26H24FNO4S. The number of aliphatic hydroxyl groups is 1. The number of rotatable bonds is 5. The second kappa shape index (κ2) is 8.83. The summed E-state index contributed by atoms with van der Waals surface area (Å²) >= 11 is 1.40. The summed E-state index contributed by atoms with van der Waals surface area (Å²) in [5.41, 5.74) is 2.58. The van der Waals surface area contributed by atoms with Gasteiger partial charge in [-0.05, 0) is 77.9 Å². The standard InChI is InChI=1S/C26H24FNO4S/c1-14(2)19-13-16(5-10-20(19)32-4)23(29)21-22(25-15(3)11-12-33-25)28(26(31)24(21)30)18-8-6-17(27)7-9-18/h5-14,22,29H,1-4H3/b23-21-. The maximum atomic E-state index is 13.5. The summed E-state index contributed by atoms with van der Waals surface area (Å²) in [7, 11) is 1.58. The molecule has 5 nitrogen and oxygen atoms in total. The van der Waals surface area contributed by atoms with Crippen molar-refractivity contribution in [1.82, 2.24) is 0 Å². The predicted molar refractivity (Wildman–Crippen MR) is 127 cm³/mol. The highest BCUT2D eigenvalue weighted by Gasteiger charge is 2.48. The minimum atomic E-state index is -0.819. The third kappa shape index (κ3) is 3.93. The van der Waals surface area contributed by atoms with E-state index in [0.29, 0.717) is 17.0 Å². The summed E-state index contributed by atoms with van der Waals surface area (Å²) in [6, 6.07) is 11.7. The molecule has 0 spiro atoms. The van der Waals surface area contributed by atoms with Crippen molar-refractivity contribution in [2.24, 2.45) is 0 Å². The first-order chi connectivity index (χ1) is 15.7. The second-order valence-corrected chi connectivity index (χ2v) is 9.17. The summed E-state index contributed by atoms with van der Waals surface area (Å²) < 4.78 is 19.0. The molecule has 1 aromatic heterocycles. The molecule has 1 N–H and O–H groups in total. The number of Topliss-reactive ketones (excluding diaryl/α,β-unsaturated/α-hetero) is 1. The number of methoxy groups -OCH3 is 1. The largest absolute Gasteiger partial charge is 0.507 e. The van der Waals surface area contributed by atoms with Crippen molar-refractivity contribution in [2.75, 3.05) is 12.0 Å². The molecule has 2 heterocycles. The quantitative estimate of drug-likeness (QED) is 0.287. The summed E-state index contributed by atoms with van der Waals surface area (Å²) in [5, 5.41) is 13.2. The number of nitrogens with zero attached hydrogens (tertiary/aromatic N) is 1. The zero-order valence-corrected chi connectivity index (χ0v) is 19.6. The van der Waals surface area contributed by atoms with E-state index in [1.165, 1.54) is 40.5 Å². The Bertz CT molecular complexity index is 1260. The minimum Gasteiger partial charge on any atom is -0.507 e. The molecule has 0 aliphatic carbocycles. The average Bonchev–Trinajstić information content (AvgIpc) is 3.33. The number of anilines is 1. The van der Waals surface area contributed by atoms with Gasteiger partial charge in [0.2, 0.25) is 0 Å². The Balaban J connectivity index is 1.94. The number of carbonyl (C=O) groups is 2. The van der Waals surface area contributed by atoms with E-state index in [4.69, 9.17) is 4.74 Å². The highest BCUT2D eigenvalue weighted by atomic mass is 32.1. The van der Waals surface area contributed by atoms with E-state index in [2.05, 4.69) is 0 Å². The Kier molecular flexibility index (Phi) is 6.08. The van der Waals surface area contributed by atoms with Gasteiger partial charge < -0.3 is 9.84 Å². The fourth-order valence-electron chi connectivity index (χ4n) is 4.10. The van der Waals surface area contributed by atoms with E-state index < -0.39 is 23.5 Å². The molecule has 0 bridgehead atoms. The van der Waals surface area contributed by atoms with Gasteiger partial charge >= 0.3 is 0 Å². The Morgan fingerprint density at radius 1 is 1.12 bits per heavy atom. The number of amides is 1. The van der Waals surface area contributed by atoms with Crippen molar-refractivity contribution in [2.45, 2.75) is 32.7 Å². The van der Waals surface area contributed by atoms with Crippen molar-refractivity contribution >= 4 is 34.5 Å². The van der Waals surface area contributed by atoms with E-state index in [1.54, 1.807) is 25.3 Å². The Morgan fingerprint density at radius 2 is 1.82 bits per heavy atom. The average molecular weight is 466 g/mol. The topological polar surface area (TPSA) is 66.8 Å². The van der Waals surface area contributed by atoms with Crippen LogP contribution in [0.5, 0.6) is 5.75 Å². The fourth-order valence-corrected chi connectivity index (χ4v) is 5.13. The third-order valence-corrected chi connectivity index (χ3v) is 6.90. The lowest BCUT2D eigenvalue weighted by Gasteiger charge is -2.25. The van der Waals surface area contributed by atoms with Gasteiger partial charge in [-0.2, -0.15) is 0 Å². The first-order valence-corrected chi connectivity index (χ1v) is 11.4. The van der Waals surface area contributed by atoms with Gasteiger partial charge in [0, 0.05) is 16.1 Å². The third-order valence-electron chi connectivity index (χ3n) is 5.82. The molecule has 1 atom stereocenters. The Morgan fingerprint density at radius 3 is 2.39 bits per heavy atom. The van der Waals surface area contributed by atoms with Crippen LogP contribution in [0.2, 0.25) is 0 Å². The van der Waals surface area contributed by atoms with E-state index in [-0.39, 0.29) is 17.3 Å². The normalized spacial score (nSPS) is 17.8. The van der Waals surface area contributed by atoms with Crippen LogP contribution in [0.1, 0.15) is 47.4 Å². The minimum absolute atomic E-state index is 0.00903. The van der Waals surface area contributed by atoms with Gasteiger partial charge in [0.25, 0.3) is 11.7 Å². The SMILES string of the molecule is COc1ccc(/C(O)=C2/C(=O)C(=O)N(c3ccc(F)cc3)C2c2sccc2C)cc1C(C)C. The number of hydrogen-bond donors (Lipinski definition) is 1. The van der Waals surface area contributed by atoms with Gasteiger partial charge in [-0.1, -0.05) is 13.8 Å². The maximum Gasteiger partial charge on any atom is 0.300 e. The van der Waals surface area contributed by atoms with Crippen LogP contribution in [0, 0.1) is 12.7 Å². The van der Waals surface area contributed by atoms with Gasteiger partial charge in [0.15, 0.2) is 0 Å². The van der Waals surface area contributed by atoms with Crippen molar-refractivity contribution < 1.29 is 23.8 Å². The molecule has 1 unspecified atom stereocenters. The van der Waals surface area contributed by atoms with E-state index in [9.17, 15) is 19.1 Å². The molecule has 1 saturated heterocycles. The molecule has 4 rings (SSSR count). The molecule has 7 heteroatoms. The van der Waals surface area contributed by atoms with Crippen LogP contribution in [0.4, 0.5) is 10.1 Å². The lowest BCUT2D eigenvalue weighted by atomic mass is 9.94. The lowest BCUT2D eigenvalue weighted by Crippen LogP contribution is -2.29. The molecule has 1 aliphatic heterocycles. The second-order valence-electron chi connectivity index (χ2n) is 8.22. The Labute approximate surface area is 195 Å². The first-order valence-electron chi connectivity index (χ1n) is 10.5.